The first-order valence-electron chi connectivity index (χ1n) is 10.4. The zero-order chi connectivity index (χ0) is 23.5. The van der Waals surface area contributed by atoms with Crippen molar-refractivity contribution in [3.05, 3.63) is 97.2 Å². The van der Waals surface area contributed by atoms with Gasteiger partial charge in [-0.1, -0.05) is 36.4 Å². The lowest BCUT2D eigenvalue weighted by Crippen LogP contribution is -2.26. The van der Waals surface area contributed by atoms with Gasteiger partial charge in [0, 0.05) is 17.2 Å². The number of alkyl halides is 3. The van der Waals surface area contributed by atoms with Crippen LogP contribution in [0.3, 0.4) is 0 Å². The van der Waals surface area contributed by atoms with E-state index in [9.17, 15) is 13.2 Å². The van der Waals surface area contributed by atoms with Crippen molar-refractivity contribution in [1.29, 1.82) is 0 Å². The summed E-state index contributed by atoms with van der Waals surface area (Å²) in [5.41, 5.74) is 1.05. The number of rotatable bonds is 5. The van der Waals surface area contributed by atoms with E-state index in [2.05, 4.69) is 20.0 Å². The van der Waals surface area contributed by atoms with Gasteiger partial charge in [0.25, 0.3) is 0 Å². The Bertz CT molecular complexity index is 1520. The van der Waals surface area contributed by atoms with Crippen LogP contribution in [0.25, 0.3) is 21.8 Å². The Kier molecular flexibility index (Phi) is 5.63. The minimum absolute atomic E-state index is 0.0897. The lowest BCUT2D eigenvalue weighted by molar-refractivity contribution is -0.0597. The standard InChI is InChI=1S/C26H17F3N4O/c27-26(28,29)25(33-20-13-18-7-2-4-9-22(18)31-16-20)14-23(24-10-5-11-34-24)32-19-12-17-6-1-3-8-21(17)30-15-19/h1-13,15-16H,14H2/b32-23-,33-25+. The monoisotopic (exact) mass is 458 g/mol. The predicted molar refractivity (Wildman–Crippen MR) is 126 cm³/mol. The molecule has 0 bridgehead atoms. The predicted octanol–water partition coefficient (Wildman–Crippen LogP) is 7.22. The lowest BCUT2D eigenvalue weighted by atomic mass is 10.1. The molecular weight excluding hydrogens is 441 g/mol. The zero-order valence-corrected chi connectivity index (χ0v) is 17.7. The van der Waals surface area contributed by atoms with Gasteiger partial charge in [-0.2, -0.15) is 13.2 Å². The van der Waals surface area contributed by atoms with Gasteiger partial charge in [-0.3, -0.25) is 9.97 Å². The maximum atomic E-state index is 14.0. The number of halogens is 3. The van der Waals surface area contributed by atoms with Gasteiger partial charge in [0.2, 0.25) is 0 Å². The van der Waals surface area contributed by atoms with Crippen LogP contribution >= 0.6 is 0 Å². The summed E-state index contributed by atoms with van der Waals surface area (Å²) in [6.07, 6.45) is -1.04. The number of hydrogen-bond donors (Lipinski definition) is 0. The van der Waals surface area contributed by atoms with E-state index >= 15 is 0 Å². The van der Waals surface area contributed by atoms with E-state index in [1.165, 1.54) is 18.7 Å². The Morgan fingerprint density at radius 3 is 1.91 bits per heavy atom. The molecule has 0 unspecified atom stereocenters. The summed E-state index contributed by atoms with van der Waals surface area (Å²) < 4.78 is 47.4. The molecule has 0 aliphatic heterocycles. The molecule has 0 saturated heterocycles. The van der Waals surface area contributed by atoms with Crippen molar-refractivity contribution >= 4 is 44.6 Å². The summed E-state index contributed by atoms with van der Waals surface area (Å²) in [7, 11) is 0. The van der Waals surface area contributed by atoms with Crippen LogP contribution in [-0.2, 0) is 0 Å². The van der Waals surface area contributed by atoms with Crippen molar-refractivity contribution in [1.82, 2.24) is 9.97 Å². The van der Waals surface area contributed by atoms with E-state index in [1.54, 1.807) is 42.5 Å². The number of fused-ring (bicyclic) bond motifs is 2. The van der Waals surface area contributed by atoms with Crippen molar-refractivity contribution in [2.75, 3.05) is 0 Å². The summed E-state index contributed by atoms with van der Waals surface area (Å²) in [6, 6.07) is 21.1. The molecule has 5 nitrogen and oxygen atoms in total. The van der Waals surface area contributed by atoms with Gasteiger partial charge in [0.1, 0.15) is 11.5 Å². The number of benzene rings is 2. The van der Waals surface area contributed by atoms with Gasteiger partial charge < -0.3 is 4.42 Å². The highest BCUT2D eigenvalue weighted by molar-refractivity contribution is 6.14. The molecule has 3 aromatic heterocycles. The number of pyridine rings is 2. The van der Waals surface area contributed by atoms with Gasteiger partial charge in [0.15, 0.2) is 0 Å². The van der Waals surface area contributed by atoms with Crippen molar-refractivity contribution < 1.29 is 17.6 Å². The summed E-state index contributed by atoms with van der Waals surface area (Å²) in [4.78, 5) is 16.9. The van der Waals surface area contributed by atoms with E-state index in [4.69, 9.17) is 4.42 Å². The Hall–Kier alpha value is -4.33. The molecule has 0 radical (unpaired) electrons. The first-order valence-corrected chi connectivity index (χ1v) is 10.4. The van der Waals surface area contributed by atoms with Gasteiger partial charge >= 0.3 is 6.18 Å². The molecule has 0 atom stereocenters. The fourth-order valence-corrected chi connectivity index (χ4v) is 3.54. The molecule has 168 valence electrons. The zero-order valence-electron chi connectivity index (χ0n) is 17.7. The molecule has 0 saturated carbocycles. The van der Waals surface area contributed by atoms with E-state index in [-0.39, 0.29) is 17.2 Å². The second kappa shape index (κ2) is 8.90. The topological polar surface area (TPSA) is 63.6 Å². The third-order valence-electron chi connectivity index (χ3n) is 5.15. The molecule has 2 aromatic carbocycles. The SMILES string of the molecule is FC(F)(F)/C(C/C(=N/c1cnc2ccccc2c1)c1ccco1)=N/c1cnc2ccccc2c1. The molecule has 0 aliphatic rings. The Labute approximate surface area is 192 Å². The molecule has 0 spiro atoms. The number of para-hydroxylation sites is 2. The van der Waals surface area contributed by atoms with Crippen LogP contribution < -0.4 is 0 Å². The Morgan fingerprint density at radius 2 is 1.35 bits per heavy atom. The summed E-state index contributed by atoms with van der Waals surface area (Å²) in [6.45, 7) is 0. The average Bonchev–Trinajstić information content (AvgIpc) is 3.37. The third kappa shape index (κ3) is 4.71. The minimum atomic E-state index is -4.68. The Balaban J connectivity index is 1.56. The maximum Gasteiger partial charge on any atom is 0.429 e. The first kappa shape index (κ1) is 21.5. The normalized spacial score (nSPS) is 13.0. The Morgan fingerprint density at radius 1 is 0.765 bits per heavy atom. The molecular formula is C26H17F3N4O. The van der Waals surface area contributed by atoms with Crippen molar-refractivity contribution in [2.45, 2.75) is 12.6 Å². The molecule has 34 heavy (non-hydrogen) atoms. The largest absolute Gasteiger partial charge is 0.463 e. The third-order valence-corrected chi connectivity index (χ3v) is 5.15. The molecule has 5 rings (SSSR count). The molecule has 8 heteroatoms. The second-order valence-electron chi connectivity index (χ2n) is 7.54. The molecule has 0 amide bonds. The van der Waals surface area contributed by atoms with Crippen LogP contribution in [0.4, 0.5) is 24.5 Å². The van der Waals surface area contributed by atoms with E-state index < -0.39 is 18.3 Å². The first-order chi connectivity index (χ1) is 16.5. The number of nitrogens with zero attached hydrogens (tertiary/aromatic N) is 4. The second-order valence-corrected chi connectivity index (χ2v) is 7.54. The lowest BCUT2D eigenvalue weighted by Gasteiger charge is -2.12. The highest BCUT2D eigenvalue weighted by atomic mass is 19.4. The van der Waals surface area contributed by atoms with E-state index in [1.807, 2.05) is 30.3 Å². The van der Waals surface area contributed by atoms with Crippen LogP contribution in [-0.4, -0.2) is 27.6 Å². The number of aromatic nitrogens is 2. The highest BCUT2D eigenvalue weighted by Crippen LogP contribution is 2.28. The summed E-state index contributed by atoms with van der Waals surface area (Å²) in [5.74, 6) is 0.224. The van der Waals surface area contributed by atoms with Crippen LogP contribution in [0.5, 0.6) is 0 Å². The van der Waals surface area contributed by atoms with E-state index in [0.29, 0.717) is 16.6 Å². The number of aliphatic imine (C=N–C) groups is 2. The molecule has 3 heterocycles. The van der Waals surface area contributed by atoms with Crippen molar-refractivity contribution in [3.63, 3.8) is 0 Å². The van der Waals surface area contributed by atoms with Gasteiger partial charge in [-0.25, -0.2) is 9.98 Å². The minimum Gasteiger partial charge on any atom is -0.463 e. The van der Waals surface area contributed by atoms with Crippen LogP contribution in [0.15, 0.2) is 106 Å². The smallest absolute Gasteiger partial charge is 0.429 e. The van der Waals surface area contributed by atoms with Crippen LogP contribution in [0.2, 0.25) is 0 Å². The number of furan rings is 1. The number of hydrogen-bond acceptors (Lipinski definition) is 5. The van der Waals surface area contributed by atoms with Gasteiger partial charge in [-0.15, -0.1) is 0 Å². The van der Waals surface area contributed by atoms with Crippen molar-refractivity contribution in [2.24, 2.45) is 9.98 Å². The van der Waals surface area contributed by atoms with Gasteiger partial charge in [-0.05, 0) is 36.4 Å². The average molecular weight is 458 g/mol. The van der Waals surface area contributed by atoms with Crippen LogP contribution in [0, 0.1) is 0 Å². The van der Waals surface area contributed by atoms with Crippen LogP contribution in [0.1, 0.15) is 12.2 Å². The fraction of sp³-hybridized carbons (Fsp3) is 0.0769. The molecule has 5 aromatic rings. The summed E-state index contributed by atoms with van der Waals surface area (Å²) >= 11 is 0. The van der Waals surface area contributed by atoms with Crippen molar-refractivity contribution in [3.8, 4) is 0 Å². The van der Waals surface area contributed by atoms with E-state index in [0.717, 1.165) is 10.9 Å². The molecule has 0 fully saturated rings. The molecule has 0 N–H and O–H groups in total. The molecule has 0 aliphatic carbocycles. The maximum absolute atomic E-state index is 14.0. The fourth-order valence-electron chi connectivity index (χ4n) is 3.54. The summed E-state index contributed by atoms with van der Waals surface area (Å²) in [5, 5.41) is 1.53. The quantitative estimate of drug-likeness (QED) is 0.261. The van der Waals surface area contributed by atoms with Gasteiger partial charge in [0.05, 0.1) is 46.8 Å². The highest BCUT2D eigenvalue weighted by Gasteiger charge is 2.37.